The third-order valence-electron chi connectivity index (χ3n) is 6.10. The van der Waals surface area contributed by atoms with Gasteiger partial charge in [-0.3, -0.25) is 14.4 Å². The van der Waals surface area contributed by atoms with Gasteiger partial charge in [0.2, 0.25) is 11.8 Å². The van der Waals surface area contributed by atoms with Gasteiger partial charge in [-0.25, -0.2) is 0 Å². The summed E-state index contributed by atoms with van der Waals surface area (Å²) in [5.41, 5.74) is -0.949. The van der Waals surface area contributed by atoms with E-state index in [4.69, 9.17) is 14.6 Å². The second-order valence-corrected chi connectivity index (χ2v) is 8.29. The maximum atomic E-state index is 13.4. The molecular formula is C20H32N2O6. The van der Waals surface area contributed by atoms with Crippen LogP contribution in [0, 0.1) is 11.8 Å². The van der Waals surface area contributed by atoms with Gasteiger partial charge < -0.3 is 24.8 Å². The molecule has 3 saturated heterocycles. The molecule has 5 atom stereocenters. The van der Waals surface area contributed by atoms with Crippen LogP contribution in [0.15, 0.2) is 0 Å². The van der Waals surface area contributed by atoms with E-state index in [-0.39, 0.29) is 37.2 Å². The van der Waals surface area contributed by atoms with Gasteiger partial charge in [0, 0.05) is 19.2 Å². The third kappa shape index (κ3) is 3.41. The number of aliphatic hydroxyl groups is 1. The molecule has 0 aromatic carbocycles. The zero-order valence-corrected chi connectivity index (χ0v) is 17.0. The molecule has 1 spiro atoms. The number of nitrogens with zero attached hydrogens (tertiary/aromatic N) is 1. The predicted molar refractivity (Wildman–Crippen MR) is 100 cm³/mol. The van der Waals surface area contributed by atoms with Crippen molar-refractivity contribution in [3.8, 4) is 0 Å². The molecule has 8 heteroatoms. The van der Waals surface area contributed by atoms with Crippen LogP contribution in [0.25, 0.3) is 0 Å². The van der Waals surface area contributed by atoms with E-state index in [1.165, 1.54) is 0 Å². The Morgan fingerprint density at radius 3 is 2.75 bits per heavy atom. The van der Waals surface area contributed by atoms with E-state index in [0.29, 0.717) is 32.2 Å². The van der Waals surface area contributed by atoms with Crippen molar-refractivity contribution in [1.82, 2.24) is 10.2 Å². The van der Waals surface area contributed by atoms with Crippen LogP contribution in [-0.4, -0.2) is 71.3 Å². The lowest BCUT2D eigenvalue weighted by Gasteiger charge is -2.33. The number of rotatable bonds is 9. The summed E-state index contributed by atoms with van der Waals surface area (Å²) in [6.45, 7) is 6.26. The summed E-state index contributed by atoms with van der Waals surface area (Å²) in [6, 6.07) is -0.792. The fraction of sp³-hybridized carbons (Fsp3) is 0.850. The van der Waals surface area contributed by atoms with Crippen LogP contribution in [0.1, 0.15) is 52.9 Å². The average molecular weight is 396 g/mol. The number of likely N-dealkylation sites (tertiary alicyclic amines) is 1. The summed E-state index contributed by atoms with van der Waals surface area (Å²) in [7, 11) is 0. The molecule has 2 amide bonds. The molecule has 158 valence electrons. The van der Waals surface area contributed by atoms with Crippen molar-refractivity contribution >= 4 is 17.8 Å². The van der Waals surface area contributed by atoms with Crippen LogP contribution in [-0.2, 0) is 23.9 Å². The number of carbonyl (C=O) groups excluding carboxylic acids is 3. The summed E-state index contributed by atoms with van der Waals surface area (Å²) >= 11 is 0. The highest BCUT2D eigenvalue weighted by molar-refractivity contribution is 5.98. The zero-order valence-electron chi connectivity index (χ0n) is 17.0. The van der Waals surface area contributed by atoms with E-state index in [1.807, 2.05) is 13.8 Å². The van der Waals surface area contributed by atoms with Gasteiger partial charge in [0.1, 0.15) is 11.6 Å². The highest BCUT2D eigenvalue weighted by atomic mass is 16.6. The monoisotopic (exact) mass is 396 g/mol. The molecule has 3 fully saturated rings. The first-order valence-electron chi connectivity index (χ1n) is 10.4. The summed E-state index contributed by atoms with van der Waals surface area (Å²) in [5, 5.41) is 11.9. The topological polar surface area (TPSA) is 105 Å². The van der Waals surface area contributed by atoms with E-state index in [1.54, 1.807) is 11.8 Å². The number of fused-ring (bicyclic) bond motifs is 1. The van der Waals surface area contributed by atoms with Gasteiger partial charge in [0.25, 0.3) is 0 Å². The number of carbonyl (C=O) groups is 3. The quantitative estimate of drug-likeness (QED) is 0.437. The standard InChI is InChI=1S/C20H32N2O6/c1-4-27-19(26)14-13-8-9-20(28-13)15(14)18(25)22(10-6-5-7-11-23)16(20)17(24)21-12(2)3/h12-16,23H,4-11H2,1-3H3,(H,21,24)/t13-,14+,15+,16?,20?/m1/s1. The predicted octanol–water partition coefficient (Wildman–Crippen LogP) is 0.611. The van der Waals surface area contributed by atoms with Crippen LogP contribution in [0.2, 0.25) is 0 Å². The van der Waals surface area contributed by atoms with Gasteiger partial charge in [-0.2, -0.15) is 0 Å². The third-order valence-corrected chi connectivity index (χ3v) is 6.10. The molecule has 2 bridgehead atoms. The van der Waals surface area contributed by atoms with Crippen molar-refractivity contribution in [2.24, 2.45) is 11.8 Å². The Bertz CT molecular complexity index is 624. The molecule has 3 heterocycles. The summed E-state index contributed by atoms with van der Waals surface area (Å²) < 4.78 is 11.5. The largest absolute Gasteiger partial charge is 0.466 e. The van der Waals surface area contributed by atoms with Gasteiger partial charge >= 0.3 is 5.97 Å². The maximum absolute atomic E-state index is 13.4. The Morgan fingerprint density at radius 2 is 2.11 bits per heavy atom. The SMILES string of the molecule is CCOC(=O)[C@@H]1[C@H]2C(=O)N(CCCCCO)C(C(=O)NC(C)C)C23CC[C@H]1O3. The van der Waals surface area contributed by atoms with Crippen LogP contribution in [0.4, 0.5) is 0 Å². The number of hydrogen-bond donors (Lipinski definition) is 2. The van der Waals surface area contributed by atoms with E-state index in [9.17, 15) is 14.4 Å². The van der Waals surface area contributed by atoms with E-state index in [0.717, 1.165) is 6.42 Å². The number of hydrogen-bond acceptors (Lipinski definition) is 6. The number of unbranched alkanes of at least 4 members (excludes halogenated alkanes) is 2. The molecule has 0 saturated carbocycles. The number of aliphatic hydroxyl groups excluding tert-OH is 1. The molecule has 3 rings (SSSR count). The fourth-order valence-corrected chi connectivity index (χ4v) is 5.13. The van der Waals surface area contributed by atoms with Gasteiger partial charge in [0.05, 0.1) is 24.5 Å². The van der Waals surface area contributed by atoms with Crippen molar-refractivity contribution in [3.63, 3.8) is 0 Å². The summed E-state index contributed by atoms with van der Waals surface area (Å²) in [6.07, 6.45) is 2.99. The lowest BCUT2D eigenvalue weighted by atomic mass is 9.70. The lowest BCUT2D eigenvalue weighted by molar-refractivity contribution is -0.154. The van der Waals surface area contributed by atoms with Gasteiger partial charge in [0.15, 0.2) is 0 Å². The fourth-order valence-electron chi connectivity index (χ4n) is 5.13. The molecule has 2 unspecified atom stereocenters. The van der Waals surface area contributed by atoms with E-state index >= 15 is 0 Å². The molecule has 3 aliphatic heterocycles. The van der Waals surface area contributed by atoms with Crippen LogP contribution in [0.5, 0.6) is 0 Å². The highest BCUT2D eigenvalue weighted by Crippen LogP contribution is 2.58. The van der Waals surface area contributed by atoms with Crippen molar-refractivity contribution in [1.29, 1.82) is 0 Å². The van der Waals surface area contributed by atoms with Crippen molar-refractivity contribution in [3.05, 3.63) is 0 Å². The molecule has 0 aromatic rings. The second-order valence-electron chi connectivity index (χ2n) is 8.29. The normalized spacial score (nSPS) is 33.5. The van der Waals surface area contributed by atoms with Crippen molar-refractivity contribution < 1.29 is 29.0 Å². The van der Waals surface area contributed by atoms with Crippen LogP contribution >= 0.6 is 0 Å². The van der Waals surface area contributed by atoms with E-state index in [2.05, 4.69) is 5.32 Å². The Kier molecular flexibility index (Phi) is 6.29. The first-order chi connectivity index (χ1) is 13.4. The minimum absolute atomic E-state index is 0.0613. The van der Waals surface area contributed by atoms with Crippen LogP contribution in [0.3, 0.4) is 0 Å². The minimum Gasteiger partial charge on any atom is -0.466 e. The smallest absolute Gasteiger partial charge is 0.312 e. The average Bonchev–Trinajstić information content (AvgIpc) is 3.26. The summed E-state index contributed by atoms with van der Waals surface area (Å²) in [4.78, 5) is 40.6. The number of nitrogens with one attached hydrogen (secondary N) is 1. The minimum atomic E-state index is -0.949. The van der Waals surface area contributed by atoms with Gasteiger partial charge in [-0.1, -0.05) is 0 Å². The Balaban J connectivity index is 1.89. The number of esters is 1. The summed E-state index contributed by atoms with van der Waals surface area (Å²) in [5.74, 6) is -2.12. The van der Waals surface area contributed by atoms with Gasteiger partial charge in [-0.05, 0) is 52.9 Å². The molecule has 8 nitrogen and oxygen atoms in total. The molecule has 3 aliphatic rings. The first kappa shape index (κ1) is 21.0. The lowest BCUT2D eigenvalue weighted by Crippen LogP contribution is -2.56. The number of ether oxygens (including phenoxy) is 2. The Labute approximate surface area is 165 Å². The zero-order chi connectivity index (χ0) is 20.5. The Hall–Kier alpha value is -1.67. The first-order valence-corrected chi connectivity index (χ1v) is 10.4. The molecule has 2 N–H and O–H groups in total. The second kappa shape index (κ2) is 8.37. The Morgan fingerprint density at radius 1 is 1.36 bits per heavy atom. The number of amides is 2. The molecular weight excluding hydrogens is 364 g/mol. The van der Waals surface area contributed by atoms with E-state index < -0.39 is 29.4 Å². The molecule has 0 radical (unpaired) electrons. The molecule has 0 aliphatic carbocycles. The van der Waals surface area contributed by atoms with Crippen molar-refractivity contribution in [2.75, 3.05) is 19.8 Å². The van der Waals surface area contributed by atoms with Crippen LogP contribution < -0.4 is 5.32 Å². The molecule has 28 heavy (non-hydrogen) atoms. The van der Waals surface area contributed by atoms with Crippen molar-refractivity contribution in [2.45, 2.75) is 76.7 Å². The highest BCUT2D eigenvalue weighted by Gasteiger charge is 2.74. The van der Waals surface area contributed by atoms with Gasteiger partial charge in [-0.15, -0.1) is 0 Å². The molecule has 0 aromatic heterocycles. The maximum Gasteiger partial charge on any atom is 0.312 e.